The number of nitrogens with two attached hydrogens (primary N) is 1. The van der Waals surface area contributed by atoms with E-state index in [4.69, 9.17) is 11.1 Å². The van der Waals surface area contributed by atoms with E-state index in [1.807, 2.05) is 13.8 Å². The number of nitrogens with zero attached hydrogens (tertiary/aromatic N) is 5. The third kappa shape index (κ3) is 2.57. The van der Waals surface area contributed by atoms with Crippen LogP contribution in [0.15, 0.2) is 12.4 Å². The Morgan fingerprint density at radius 3 is 2.62 bits per heavy atom. The van der Waals surface area contributed by atoms with E-state index in [1.165, 1.54) is 10.9 Å². The zero-order chi connectivity index (χ0) is 15.6. The molecule has 9 nitrogen and oxygen atoms in total. The van der Waals surface area contributed by atoms with Crippen molar-refractivity contribution in [3.8, 4) is 5.82 Å². The van der Waals surface area contributed by atoms with Crippen molar-refractivity contribution in [3.63, 3.8) is 0 Å². The molecule has 0 spiro atoms. The predicted molar refractivity (Wildman–Crippen MR) is 75.6 cm³/mol. The molecular formula is C12H15N7O2. The second-order valence-corrected chi connectivity index (χ2v) is 4.34. The van der Waals surface area contributed by atoms with Gasteiger partial charge in [-0.25, -0.2) is 4.68 Å². The lowest BCUT2D eigenvalue weighted by Gasteiger charge is -2.13. The van der Waals surface area contributed by atoms with Crippen LogP contribution in [0.1, 0.15) is 30.7 Å². The molecule has 110 valence electrons. The van der Waals surface area contributed by atoms with Crippen molar-refractivity contribution in [3.05, 3.63) is 39.3 Å². The molecule has 0 aliphatic rings. The summed E-state index contributed by atoms with van der Waals surface area (Å²) in [5.74, 6) is 0.0641. The highest BCUT2D eigenvalue weighted by Gasteiger charge is 2.20. The van der Waals surface area contributed by atoms with Gasteiger partial charge in [-0.3, -0.25) is 15.5 Å². The molecule has 0 saturated heterocycles. The largest absolute Gasteiger partial charge is 0.384 e. The minimum Gasteiger partial charge on any atom is -0.384 e. The van der Waals surface area contributed by atoms with Crippen molar-refractivity contribution >= 4 is 11.5 Å². The van der Waals surface area contributed by atoms with Gasteiger partial charge in [-0.2, -0.15) is 10.2 Å². The first kappa shape index (κ1) is 14.6. The third-order valence-electron chi connectivity index (χ3n) is 3.09. The Morgan fingerprint density at radius 1 is 1.43 bits per heavy atom. The summed E-state index contributed by atoms with van der Waals surface area (Å²) in [5.41, 5.74) is 7.49. The zero-order valence-electron chi connectivity index (χ0n) is 11.7. The van der Waals surface area contributed by atoms with Crippen LogP contribution in [0.2, 0.25) is 0 Å². The van der Waals surface area contributed by atoms with Crippen molar-refractivity contribution in [2.75, 3.05) is 0 Å². The third-order valence-corrected chi connectivity index (χ3v) is 3.09. The normalized spacial score (nSPS) is 10.6. The van der Waals surface area contributed by atoms with E-state index < -0.39 is 4.92 Å². The van der Waals surface area contributed by atoms with Crippen LogP contribution in [-0.4, -0.2) is 30.7 Å². The zero-order valence-corrected chi connectivity index (χ0v) is 11.7. The molecule has 2 heterocycles. The van der Waals surface area contributed by atoms with Crippen molar-refractivity contribution < 1.29 is 4.92 Å². The number of hydrogen-bond donors (Lipinski definition) is 2. The SMILES string of the molecule is CCc1nnc(-n2cc([N+](=O)[O-])cn2)c(C(=N)N)c1CC. The van der Waals surface area contributed by atoms with Gasteiger partial charge in [0.1, 0.15) is 18.2 Å². The fraction of sp³-hybridized carbons (Fsp3) is 0.333. The summed E-state index contributed by atoms with van der Waals surface area (Å²) in [6.07, 6.45) is 3.63. The number of nitro groups is 1. The highest BCUT2D eigenvalue weighted by molar-refractivity contribution is 5.99. The Balaban J connectivity index is 2.67. The molecule has 0 fully saturated rings. The molecule has 0 saturated carbocycles. The van der Waals surface area contributed by atoms with E-state index in [9.17, 15) is 10.1 Å². The number of nitrogens with one attached hydrogen (secondary N) is 1. The molecule has 0 aromatic carbocycles. The molecule has 0 unspecified atom stereocenters. The van der Waals surface area contributed by atoms with Crippen LogP contribution in [0, 0.1) is 15.5 Å². The van der Waals surface area contributed by atoms with Crippen molar-refractivity contribution in [2.45, 2.75) is 26.7 Å². The number of nitrogen functional groups attached to an aromatic ring is 1. The van der Waals surface area contributed by atoms with Crippen LogP contribution in [0.4, 0.5) is 5.69 Å². The quantitative estimate of drug-likeness (QED) is 0.364. The highest BCUT2D eigenvalue weighted by Crippen LogP contribution is 2.21. The van der Waals surface area contributed by atoms with Gasteiger partial charge in [-0.15, -0.1) is 5.10 Å². The minimum absolute atomic E-state index is 0.162. The molecule has 3 N–H and O–H groups in total. The first-order valence-corrected chi connectivity index (χ1v) is 6.41. The Labute approximate surface area is 120 Å². The standard InChI is InChI=1S/C12H15N7O2/c1-3-8-9(4-2)16-17-12(10(8)11(13)14)18-6-7(5-15-18)19(20)21/h5-6H,3-4H2,1-2H3,(H3,13,14). The average Bonchev–Trinajstić information content (AvgIpc) is 2.95. The first-order valence-electron chi connectivity index (χ1n) is 6.41. The Bertz CT molecular complexity index is 708. The molecule has 21 heavy (non-hydrogen) atoms. The maximum absolute atomic E-state index is 10.7. The van der Waals surface area contributed by atoms with Gasteiger partial charge >= 0.3 is 5.69 Å². The van der Waals surface area contributed by atoms with Gasteiger partial charge in [0.15, 0.2) is 5.82 Å². The van der Waals surface area contributed by atoms with Crippen LogP contribution >= 0.6 is 0 Å². The van der Waals surface area contributed by atoms with Crippen LogP contribution in [0.25, 0.3) is 5.82 Å². The van der Waals surface area contributed by atoms with Crippen LogP contribution in [-0.2, 0) is 12.8 Å². The van der Waals surface area contributed by atoms with Crippen LogP contribution < -0.4 is 5.73 Å². The fourth-order valence-corrected chi connectivity index (χ4v) is 2.13. The van der Waals surface area contributed by atoms with Gasteiger partial charge < -0.3 is 5.73 Å². The van der Waals surface area contributed by atoms with Gasteiger partial charge in [-0.05, 0) is 18.4 Å². The van der Waals surface area contributed by atoms with Gasteiger partial charge in [0, 0.05) is 0 Å². The molecule has 0 aliphatic heterocycles. The summed E-state index contributed by atoms with van der Waals surface area (Å²) >= 11 is 0. The Kier molecular flexibility index (Phi) is 3.92. The van der Waals surface area contributed by atoms with Crippen molar-refractivity contribution in [2.24, 2.45) is 5.73 Å². The Morgan fingerprint density at radius 2 is 2.14 bits per heavy atom. The van der Waals surface area contributed by atoms with E-state index >= 15 is 0 Å². The monoisotopic (exact) mass is 289 g/mol. The molecule has 2 rings (SSSR count). The number of aromatic nitrogens is 4. The second-order valence-electron chi connectivity index (χ2n) is 4.34. The lowest BCUT2D eigenvalue weighted by Crippen LogP contribution is -2.21. The first-order chi connectivity index (χ1) is 9.99. The number of hydrogen-bond acceptors (Lipinski definition) is 6. The van der Waals surface area contributed by atoms with Crippen molar-refractivity contribution in [1.82, 2.24) is 20.0 Å². The van der Waals surface area contributed by atoms with E-state index in [0.29, 0.717) is 18.4 Å². The molecule has 9 heteroatoms. The summed E-state index contributed by atoms with van der Waals surface area (Å²) in [5, 5.41) is 30.5. The lowest BCUT2D eigenvalue weighted by molar-refractivity contribution is -0.384. The highest BCUT2D eigenvalue weighted by atomic mass is 16.6. The predicted octanol–water partition coefficient (Wildman–Crippen LogP) is 0.979. The molecule has 0 amide bonds. The Hall–Kier alpha value is -2.84. The van der Waals surface area contributed by atoms with Crippen LogP contribution in [0.5, 0.6) is 0 Å². The maximum atomic E-state index is 10.7. The summed E-state index contributed by atoms with van der Waals surface area (Å²) in [6.45, 7) is 3.86. The van der Waals surface area contributed by atoms with E-state index in [1.54, 1.807) is 0 Å². The maximum Gasteiger partial charge on any atom is 0.307 e. The van der Waals surface area contributed by atoms with E-state index in [0.717, 1.165) is 17.5 Å². The average molecular weight is 289 g/mol. The summed E-state index contributed by atoms with van der Waals surface area (Å²) < 4.78 is 1.22. The van der Waals surface area contributed by atoms with Gasteiger partial charge in [-0.1, -0.05) is 13.8 Å². The fourth-order valence-electron chi connectivity index (χ4n) is 2.13. The summed E-state index contributed by atoms with van der Waals surface area (Å²) in [7, 11) is 0. The molecule has 0 radical (unpaired) electrons. The minimum atomic E-state index is -0.550. The summed E-state index contributed by atoms with van der Waals surface area (Å²) in [6, 6.07) is 0. The van der Waals surface area contributed by atoms with E-state index in [-0.39, 0.29) is 17.3 Å². The van der Waals surface area contributed by atoms with Gasteiger partial charge in [0.05, 0.1) is 16.2 Å². The van der Waals surface area contributed by atoms with E-state index in [2.05, 4.69) is 15.3 Å². The number of amidine groups is 1. The molecule has 0 atom stereocenters. The number of rotatable bonds is 5. The van der Waals surface area contributed by atoms with Crippen LogP contribution in [0.3, 0.4) is 0 Å². The molecule has 0 aliphatic carbocycles. The van der Waals surface area contributed by atoms with Gasteiger partial charge in [0.25, 0.3) is 0 Å². The number of aryl methyl sites for hydroxylation is 1. The molecule has 2 aromatic rings. The van der Waals surface area contributed by atoms with Gasteiger partial charge in [0.2, 0.25) is 0 Å². The molecular weight excluding hydrogens is 274 g/mol. The lowest BCUT2D eigenvalue weighted by atomic mass is 10.0. The summed E-state index contributed by atoms with van der Waals surface area (Å²) in [4.78, 5) is 10.2. The topological polar surface area (TPSA) is 137 Å². The second kappa shape index (κ2) is 5.65. The smallest absolute Gasteiger partial charge is 0.307 e. The molecule has 2 aromatic heterocycles. The van der Waals surface area contributed by atoms with Crippen molar-refractivity contribution in [1.29, 1.82) is 5.41 Å². The molecule has 0 bridgehead atoms.